The van der Waals surface area contributed by atoms with Crippen LogP contribution in [0.15, 0.2) is 79.4 Å². The highest BCUT2D eigenvalue weighted by Gasteiger charge is 2.30. The fraction of sp³-hybridized carbons (Fsp3) is 0.0526. The number of rotatable bonds is 3. The molecule has 0 radical (unpaired) electrons. The number of alkyl halides is 3. The minimum atomic E-state index is -4.48. The first-order chi connectivity index (χ1) is 12.4. The molecule has 0 bridgehead atoms. The summed E-state index contributed by atoms with van der Waals surface area (Å²) in [5.41, 5.74) is -0.810. The zero-order valence-corrected chi connectivity index (χ0v) is 13.4. The molecule has 0 saturated heterocycles. The van der Waals surface area contributed by atoms with Crippen LogP contribution in [0.1, 0.15) is 26.3 Å². The van der Waals surface area contributed by atoms with E-state index in [9.17, 15) is 22.8 Å². The van der Waals surface area contributed by atoms with Crippen LogP contribution in [0.4, 0.5) is 13.2 Å². The predicted molar refractivity (Wildman–Crippen MR) is 88.6 cm³/mol. The lowest BCUT2D eigenvalue weighted by Gasteiger charge is -2.06. The third kappa shape index (κ3) is 5.34. The van der Waals surface area contributed by atoms with Gasteiger partial charge in [0.15, 0.2) is 0 Å². The molecule has 0 amide bonds. The van der Waals surface area contributed by atoms with Gasteiger partial charge in [0.1, 0.15) is 0 Å². The van der Waals surface area contributed by atoms with E-state index in [1.54, 1.807) is 12.4 Å². The van der Waals surface area contributed by atoms with Gasteiger partial charge in [0, 0.05) is 35.9 Å². The maximum Gasteiger partial charge on any atom is 0.416 e. The molecule has 132 valence electrons. The Hall–Kier alpha value is -3.35. The first-order valence-electron chi connectivity index (χ1n) is 7.41. The van der Waals surface area contributed by atoms with E-state index in [-0.39, 0.29) is 11.1 Å². The molecule has 0 N–H and O–H groups in total. The van der Waals surface area contributed by atoms with Crippen LogP contribution in [-0.4, -0.2) is 21.5 Å². The van der Waals surface area contributed by atoms with Gasteiger partial charge in [-0.25, -0.2) is 0 Å². The van der Waals surface area contributed by atoms with Crippen molar-refractivity contribution in [3.63, 3.8) is 0 Å². The second-order valence-corrected chi connectivity index (χ2v) is 4.99. The number of carbonyl (C=O) groups excluding carboxylic acids is 2. The molecule has 0 fully saturated rings. The molecule has 7 heteroatoms. The van der Waals surface area contributed by atoms with Crippen molar-refractivity contribution in [2.45, 2.75) is 6.18 Å². The molecule has 0 unspecified atom stereocenters. The Morgan fingerprint density at radius 2 is 1.12 bits per heavy atom. The second-order valence-electron chi connectivity index (χ2n) is 4.99. The van der Waals surface area contributed by atoms with Crippen LogP contribution in [0.3, 0.4) is 0 Å². The number of ketones is 2. The van der Waals surface area contributed by atoms with Crippen molar-refractivity contribution >= 4 is 11.6 Å². The molecular formula is C19H13F3N2O2. The minimum absolute atomic E-state index is 0.0835. The largest absolute Gasteiger partial charge is 0.416 e. The molecule has 3 rings (SSSR count). The number of halogens is 3. The van der Waals surface area contributed by atoms with E-state index in [1.807, 2.05) is 18.2 Å². The predicted octanol–water partition coefficient (Wildman–Crippen LogP) is 4.25. The maximum atomic E-state index is 12.4. The van der Waals surface area contributed by atoms with E-state index in [0.29, 0.717) is 0 Å². The van der Waals surface area contributed by atoms with Crippen molar-refractivity contribution < 1.29 is 22.8 Å². The van der Waals surface area contributed by atoms with Crippen molar-refractivity contribution in [2.75, 3.05) is 0 Å². The van der Waals surface area contributed by atoms with E-state index in [1.165, 1.54) is 24.5 Å². The zero-order valence-electron chi connectivity index (χ0n) is 13.4. The molecule has 3 aromatic rings. The number of hydrogen-bond donors (Lipinski definition) is 0. The van der Waals surface area contributed by atoms with Crippen LogP contribution in [0.5, 0.6) is 0 Å². The fourth-order valence-corrected chi connectivity index (χ4v) is 1.89. The third-order valence-corrected chi connectivity index (χ3v) is 3.19. The molecule has 0 aliphatic carbocycles. The van der Waals surface area contributed by atoms with Crippen LogP contribution in [0, 0.1) is 0 Å². The van der Waals surface area contributed by atoms with Gasteiger partial charge in [-0.3, -0.25) is 19.6 Å². The summed E-state index contributed by atoms with van der Waals surface area (Å²) in [7, 11) is 0. The summed E-state index contributed by atoms with van der Waals surface area (Å²) >= 11 is 0. The lowest BCUT2D eigenvalue weighted by Crippen LogP contribution is -2.15. The standard InChI is InChI=1S/C14H8F3NO2.C5H5N/c15-14(16,17)11-3-1-9(2-4-11)12(19)13(20)10-5-7-18-8-6-10;1-2-4-6-5-3-1/h1-8H;1-5H. The SMILES string of the molecule is O=C(C(=O)c1ccc(C(F)(F)F)cc1)c1ccncc1.c1ccncc1. The van der Waals surface area contributed by atoms with Gasteiger partial charge in [0.25, 0.3) is 0 Å². The smallest absolute Gasteiger partial charge is 0.285 e. The normalized spacial score (nSPS) is 10.4. The van der Waals surface area contributed by atoms with Crippen LogP contribution in [0.2, 0.25) is 0 Å². The molecule has 2 heterocycles. The lowest BCUT2D eigenvalue weighted by molar-refractivity contribution is -0.137. The van der Waals surface area contributed by atoms with Crippen molar-refractivity contribution in [3.05, 3.63) is 96.1 Å². The number of aromatic nitrogens is 2. The molecule has 0 spiro atoms. The Balaban J connectivity index is 0.000000342. The van der Waals surface area contributed by atoms with E-state index in [0.717, 1.165) is 24.3 Å². The summed E-state index contributed by atoms with van der Waals surface area (Å²) in [5.74, 6) is -1.64. The highest BCUT2D eigenvalue weighted by atomic mass is 19.4. The van der Waals surface area contributed by atoms with Crippen LogP contribution in [-0.2, 0) is 6.18 Å². The van der Waals surface area contributed by atoms with Crippen LogP contribution >= 0.6 is 0 Å². The summed E-state index contributed by atoms with van der Waals surface area (Å²) in [6.07, 6.45) is 1.73. The summed E-state index contributed by atoms with van der Waals surface area (Å²) in [6, 6.07) is 12.0. The van der Waals surface area contributed by atoms with Crippen molar-refractivity contribution in [3.8, 4) is 0 Å². The van der Waals surface area contributed by atoms with E-state index in [2.05, 4.69) is 9.97 Å². The summed E-state index contributed by atoms with van der Waals surface area (Å²) < 4.78 is 37.2. The molecule has 0 atom stereocenters. The van der Waals surface area contributed by atoms with Crippen LogP contribution in [0.25, 0.3) is 0 Å². The van der Waals surface area contributed by atoms with Gasteiger partial charge < -0.3 is 0 Å². The monoisotopic (exact) mass is 358 g/mol. The first-order valence-corrected chi connectivity index (χ1v) is 7.41. The highest BCUT2D eigenvalue weighted by molar-refractivity contribution is 6.49. The number of benzene rings is 1. The molecule has 4 nitrogen and oxygen atoms in total. The van der Waals surface area contributed by atoms with Crippen molar-refractivity contribution in [1.29, 1.82) is 0 Å². The van der Waals surface area contributed by atoms with Gasteiger partial charge in [-0.15, -0.1) is 0 Å². The molecule has 26 heavy (non-hydrogen) atoms. The lowest BCUT2D eigenvalue weighted by atomic mass is 10.0. The number of nitrogens with zero attached hydrogens (tertiary/aromatic N) is 2. The molecule has 0 saturated carbocycles. The number of carbonyl (C=O) groups is 2. The van der Waals surface area contributed by atoms with Gasteiger partial charge in [-0.05, 0) is 36.4 Å². The Labute approximate surface area is 147 Å². The average molecular weight is 358 g/mol. The van der Waals surface area contributed by atoms with E-state index < -0.39 is 23.3 Å². The zero-order chi connectivity index (χ0) is 19.0. The Bertz CT molecular complexity index is 823. The third-order valence-electron chi connectivity index (χ3n) is 3.19. The first kappa shape index (κ1) is 19.0. The quantitative estimate of drug-likeness (QED) is 0.519. The summed E-state index contributed by atoms with van der Waals surface area (Å²) in [4.78, 5) is 31.2. The molecule has 0 aliphatic heterocycles. The Kier molecular flexibility index (Phi) is 6.32. The second kappa shape index (κ2) is 8.66. The maximum absolute atomic E-state index is 12.4. The van der Waals surface area contributed by atoms with Crippen LogP contribution < -0.4 is 0 Å². The van der Waals surface area contributed by atoms with Gasteiger partial charge in [-0.2, -0.15) is 13.2 Å². The van der Waals surface area contributed by atoms with Gasteiger partial charge >= 0.3 is 6.18 Å². The number of Topliss-reactive ketones (excluding diaryl/α,β-unsaturated/α-hetero) is 2. The Morgan fingerprint density at radius 1 is 0.654 bits per heavy atom. The molecule has 0 aliphatic rings. The summed E-state index contributed by atoms with van der Waals surface area (Å²) in [5, 5.41) is 0. The van der Waals surface area contributed by atoms with Crippen molar-refractivity contribution in [1.82, 2.24) is 9.97 Å². The molecule has 2 aromatic heterocycles. The van der Waals surface area contributed by atoms with Gasteiger partial charge in [-0.1, -0.05) is 18.2 Å². The molecule has 1 aromatic carbocycles. The number of hydrogen-bond acceptors (Lipinski definition) is 4. The van der Waals surface area contributed by atoms with Crippen molar-refractivity contribution in [2.24, 2.45) is 0 Å². The topological polar surface area (TPSA) is 59.9 Å². The summed E-state index contributed by atoms with van der Waals surface area (Å²) in [6.45, 7) is 0. The number of pyridine rings is 2. The van der Waals surface area contributed by atoms with Gasteiger partial charge in [0.05, 0.1) is 5.56 Å². The van der Waals surface area contributed by atoms with Gasteiger partial charge in [0.2, 0.25) is 11.6 Å². The van der Waals surface area contributed by atoms with E-state index >= 15 is 0 Å². The Morgan fingerprint density at radius 3 is 1.50 bits per heavy atom. The molecular weight excluding hydrogens is 345 g/mol. The minimum Gasteiger partial charge on any atom is -0.285 e. The average Bonchev–Trinajstić information content (AvgIpc) is 2.69. The van der Waals surface area contributed by atoms with E-state index in [4.69, 9.17) is 0 Å². The highest BCUT2D eigenvalue weighted by Crippen LogP contribution is 2.29. The fourth-order valence-electron chi connectivity index (χ4n) is 1.89.